The van der Waals surface area contributed by atoms with Gasteiger partial charge >= 0.3 is 0 Å². The van der Waals surface area contributed by atoms with E-state index in [1.807, 2.05) is 6.07 Å². The molecule has 0 fully saturated rings. The predicted octanol–water partition coefficient (Wildman–Crippen LogP) is 4.95. The lowest BCUT2D eigenvalue weighted by Crippen LogP contribution is -2.29. The highest BCUT2D eigenvalue weighted by Crippen LogP contribution is 2.49. The van der Waals surface area contributed by atoms with Crippen molar-refractivity contribution >= 4 is 0 Å². The summed E-state index contributed by atoms with van der Waals surface area (Å²) >= 11 is 0. The smallest absolute Gasteiger partial charge is 0.132 e. The first-order valence-electron chi connectivity index (χ1n) is 7.59. The number of rotatable bonds is 2. The number of hydrogen-bond donors (Lipinski definition) is 1. The Bertz CT molecular complexity index is 699. The fraction of sp³-hybridized carbons (Fsp3) is 0.368. The van der Waals surface area contributed by atoms with Gasteiger partial charge in [0.15, 0.2) is 0 Å². The molecule has 1 aliphatic rings. The number of aryl methyl sites for hydroxylation is 2. The van der Waals surface area contributed by atoms with E-state index in [9.17, 15) is 5.11 Å². The molecule has 0 saturated carbocycles. The van der Waals surface area contributed by atoms with Crippen LogP contribution in [0.2, 0.25) is 0 Å². The number of aromatic hydroxyl groups is 1. The Morgan fingerprint density at radius 1 is 1.14 bits per heavy atom. The van der Waals surface area contributed by atoms with Gasteiger partial charge in [-0.3, -0.25) is 0 Å². The normalized spacial score (nSPS) is 15.0. The third-order valence-electron chi connectivity index (χ3n) is 4.14. The van der Waals surface area contributed by atoms with E-state index < -0.39 is 0 Å². The Morgan fingerprint density at radius 3 is 2.62 bits per heavy atom. The standard InChI is InChI=1S/C19H22O2/c1-5-6-13-10-16(20)18-14-9-12(2)7-8-15(14)19(3,4)21-17(18)11-13/h7-11,20H,5-6H2,1-4H3/i3+1,4+1. The number of phenolic OH excluding ortho intramolecular Hbond substituents is 1. The maximum Gasteiger partial charge on any atom is 0.132 e. The largest absolute Gasteiger partial charge is 0.507 e. The number of ether oxygens (including phenoxy) is 1. The molecule has 0 radical (unpaired) electrons. The minimum Gasteiger partial charge on any atom is -0.507 e. The summed E-state index contributed by atoms with van der Waals surface area (Å²) in [4.78, 5) is 0. The summed E-state index contributed by atoms with van der Waals surface area (Å²) in [6.07, 6.45) is 2.00. The molecule has 0 saturated heterocycles. The van der Waals surface area contributed by atoms with Crippen molar-refractivity contribution in [1.29, 1.82) is 0 Å². The summed E-state index contributed by atoms with van der Waals surface area (Å²) in [5.41, 5.74) is 4.97. The molecule has 1 heterocycles. The average molecular weight is 284 g/mol. The van der Waals surface area contributed by atoms with Crippen molar-refractivity contribution in [3.63, 3.8) is 0 Å². The van der Waals surface area contributed by atoms with E-state index in [2.05, 4.69) is 52.0 Å². The van der Waals surface area contributed by atoms with E-state index in [4.69, 9.17) is 4.74 Å². The molecular formula is C19H22O2. The zero-order valence-corrected chi connectivity index (χ0v) is 13.2. The van der Waals surface area contributed by atoms with Crippen LogP contribution in [-0.2, 0) is 12.0 Å². The fourth-order valence-electron chi connectivity index (χ4n) is 3.16. The molecule has 0 bridgehead atoms. The molecule has 0 amide bonds. The second kappa shape index (κ2) is 4.80. The van der Waals surface area contributed by atoms with E-state index in [1.54, 1.807) is 0 Å². The average Bonchev–Trinajstić information content (AvgIpc) is 2.37. The number of fused-ring (bicyclic) bond motifs is 3. The van der Waals surface area contributed by atoms with Gasteiger partial charge in [0.05, 0.1) is 5.56 Å². The van der Waals surface area contributed by atoms with Crippen LogP contribution in [-0.4, -0.2) is 5.11 Å². The maximum atomic E-state index is 10.5. The quantitative estimate of drug-likeness (QED) is 0.791. The summed E-state index contributed by atoms with van der Waals surface area (Å²) in [6.45, 7) is 8.37. The highest BCUT2D eigenvalue weighted by atomic mass is 16.5. The molecular weight excluding hydrogens is 262 g/mol. The van der Waals surface area contributed by atoms with Gasteiger partial charge < -0.3 is 9.84 Å². The molecule has 0 aromatic heterocycles. The van der Waals surface area contributed by atoms with E-state index in [0.717, 1.165) is 40.8 Å². The van der Waals surface area contributed by atoms with Crippen molar-refractivity contribution in [1.82, 2.24) is 0 Å². The lowest BCUT2D eigenvalue weighted by Gasteiger charge is -2.35. The van der Waals surface area contributed by atoms with Crippen LogP contribution in [0.15, 0.2) is 30.3 Å². The van der Waals surface area contributed by atoms with Crippen molar-refractivity contribution in [2.45, 2.75) is 46.1 Å². The van der Waals surface area contributed by atoms with Gasteiger partial charge in [0, 0.05) is 5.56 Å². The minimum atomic E-state index is -0.382. The molecule has 21 heavy (non-hydrogen) atoms. The van der Waals surface area contributed by atoms with Crippen molar-refractivity contribution in [3.05, 3.63) is 47.0 Å². The molecule has 0 spiro atoms. The number of hydrogen-bond acceptors (Lipinski definition) is 2. The van der Waals surface area contributed by atoms with E-state index >= 15 is 0 Å². The molecule has 2 heteroatoms. The predicted molar refractivity (Wildman–Crippen MR) is 85.9 cm³/mol. The third-order valence-corrected chi connectivity index (χ3v) is 4.14. The van der Waals surface area contributed by atoms with E-state index in [1.165, 1.54) is 5.56 Å². The molecule has 2 aromatic rings. The lowest BCUT2D eigenvalue weighted by molar-refractivity contribution is 0.105. The molecule has 0 atom stereocenters. The highest BCUT2D eigenvalue weighted by molar-refractivity contribution is 5.82. The molecule has 110 valence electrons. The Kier molecular flexibility index (Phi) is 3.20. The van der Waals surface area contributed by atoms with Crippen LogP contribution in [0.4, 0.5) is 0 Å². The van der Waals surface area contributed by atoms with Gasteiger partial charge in [-0.25, -0.2) is 0 Å². The van der Waals surface area contributed by atoms with Gasteiger partial charge in [-0.2, -0.15) is 0 Å². The maximum absolute atomic E-state index is 10.5. The van der Waals surface area contributed by atoms with Crippen LogP contribution in [0.3, 0.4) is 0 Å². The topological polar surface area (TPSA) is 29.5 Å². The van der Waals surface area contributed by atoms with Gasteiger partial charge in [-0.15, -0.1) is 0 Å². The van der Waals surface area contributed by atoms with Crippen molar-refractivity contribution in [2.24, 2.45) is 0 Å². The van der Waals surface area contributed by atoms with Crippen LogP contribution >= 0.6 is 0 Å². The molecule has 2 aromatic carbocycles. The first-order valence-corrected chi connectivity index (χ1v) is 7.59. The Balaban J connectivity index is 2.26. The van der Waals surface area contributed by atoms with Gasteiger partial charge in [0.25, 0.3) is 0 Å². The van der Waals surface area contributed by atoms with Gasteiger partial charge in [-0.05, 0) is 50.5 Å². The monoisotopic (exact) mass is 284 g/mol. The molecule has 3 rings (SSSR count). The number of benzene rings is 2. The Morgan fingerprint density at radius 2 is 1.90 bits per heavy atom. The molecule has 0 aliphatic carbocycles. The SMILES string of the molecule is CCCc1cc(O)c2c(c1)OC([13CH3])([13CH3])c1ccc(C)cc1-2. The summed E-state index contributed by atoms with van der Waals surface area (Å²) in [7, 11) is 0. The first kappa shape index (κ1) is 14.0. The van der Waals surface area contributed by atoms with Crippen LogP contribution in [0.25, 0.3) is 11.1 Å². The minimum absolute atomic E-state index is 0.318. The van der Waals surface area contributed by atoms with E-state index in [0.29, 0.717) is 5.75 Å². The first-order chi connectivity index (χ1) is 9.92. The van der Waals surface area contributed by atoms with Gasteiger partial charge in [-0.1, -0.05) is 37.1 Å². The van der Waals surface area contributed by atoms with Crippen molar-refractivity contribution in [3.8, 4) is 22.6 Å². The second-order valence-corrected chi connectivity index (χ2v) is 6.40. The molecule has 1 N–H and O–H groups in total. The number of phenols is 1. The van der Waals surface area contributed by atoms with E-state index in [-0.39, 0.29) is 5.60 Å². The zero-order valence-electron chi connectivity index (χ0n) is 13.2. The summed E-state index contributed by atoms with van der Waals surface area (Å²) < 4.78 is 6.19. The Labute approximate surface area is 126 Å². The lowest BCUT2D eigenvalue weighted by atomic mass is 9.88. The van der Waals surface area contributed by atoms with Gasteiger partial charge in [0.2, 0.25) is 0 Å². The van der Waals surface area contributed by atoms with Crippen LogP contribution in [0.1, 0.15) is 43.9 Å². The summed E-state index contributed by atoms with van der Waals surface area (Å²) in [5.74, 6) is 1.11. The zero-order chi connectivity index (χ0) is 15.2. The van der Waals surface area contributed by atoms with Gasteiger partial charge in [0.1, 0.15) is 17.1 Å². The third kappa shape index (κ3) is 2.29. The molecule has 2 nitrogen and oxygen atoms in total. The molecule has 0 unspecified atom stereocenters. The summed E-state index contributed by atoms with van der Waals surface area (Å²) in [5, 5.41) is 10.5. The highest BCUT2D eigenvalue weighted by Gasteiger charge is 2.34. The fourth-order valence-corrected chi connectivity index (χ4v) is 3.16. The second-order valence-electron chi connectivity index (χ2n) is 6.40. The Hall–Kier alpha value is -1.96. The van der Waals surface area contributed by atoms with Crippen molar-refractivity contribution < 1.29 is 9.84 Å². The van der Waals surface area contributed by atoms with Crippen LogP contribution in [0, 0.1) is 6.92 Å². The van der Waals surface area contributed by atoms with Crippen molar-refractivity contribution in [2.75, 3.05) is 0 Å². The van der Waals surface area contributed by atoms with Crippen LogP contribution < -0.4 is 4.74 Å². The summed E-state index contributed by atoms with van der Waals surface area (Å²) in [6, 6.07) is 10.3. The van der Waals surface area contributed by atoms with Crippen LogP contribution in [0.5, 0.6) is 11.5 Å². The molecule has 1 aliphatic heterocycles.